The van der Waals surface area contributed by atoms with Crippen LogP contribution in [0.5, 0.6) is 0 Å². The summed E-state index contributed by atoms with van der Waals surface area (Å²) in [5.41, 5.74) is 2.60. The van der Waals surface area contributed by atoms with E-state index in [1.165, 1.54) is 0 Å². The van der Waals surface area contributed by atoms with E-state index in [-0.39, 0.29) is 0 Å². The van der Waals surface area contributed by atoms with Crippen LogP contribution in [0.25, 0.3) is 11.2 Å². The maximum Gasteiger partial charge on any atom is 0.154 e. The number of hydrogen-bond donors (Lipinski definition) is 0. The highest BCUT2D eigenvalue weighted by atomic mass is 35.5. The molecule has 0 bridgehead atoms. The van der Waals surface area contributed by atoms with Crippen molar-refractivity contribution >= 4 is 22.8 Å². The summed E-state index contributed by atoms with van der Waals surface area (Å²) in [5.74, 6) is 0.411. The smallest absolute Gasteiger partial charge is 0.154 e. The fourth-order valence-electron chi connectivity index (χ4n) is 1.07. The number of nitrogens with zero attached hydrogens (tertiary/aromatic N) is 3. The Morgan fingerprint density at radius 2 is 2.46 bits per heavy atom. The Labute approximate surface area is 80.7 Å². The second-order valence-electron chi connectivity index (χ2n) is 2.71. The fraction of sp³-hybridized carbons (Fsp3) is 0.111. The second-order valence-corrected chi connectivity index (χ2v) is 2.98. The third kappa shape index (κ3) is 1.42. The lowest BCUT2D eigenvalue weighted by Gasteiger charge is -2.00. The van der Waals surface area contributed by atoms with Crippen LogP contribution in [0.1, 0.15) is 5.56 Å². The normalized spacial score (nSPS) is 10.5. The van der Waals surface area contributed by atoms with Crippen molar-refractivity contribution in [3.8, 4) is 0 Å². The maximum absolute atomic E-state index is 5.65. The predicted octanol–water partition coefficient (Wildman–Crippen LogP) is 1.98. The SMILES string of the molecule is C=C(CCl)c1cnc2ccnn2c1. The van der Waals surface area contributed by atoms with Gasteiger partial charge in [0.15, 0.2) is 5.65 Å². The number of hydrogen-bond acceptors (Lipinski definition) is 2. The van der Waals surface area contributed by atoms with Crippen molar-refractivity contribution in [2.45, 2.75) is 0 Å². The molecule has 0 N–H and O–H groups in total. The van der Waals surface area contributed by atoms with Crippen molar-refractivity contribution in [1.82, 2.24) is 14.6 Å². The first-order valence-electron chi connectivity index (χ1n) is 3.85. The Morgan fingerprint density at radius 1 is 1.62 bits per heavy atom. The molecule has 0 aliphatic carbocycles. The molecule has 0 atom stereocenters. The largest absolute Gasteiger partial charge is 0.236 e. The molecule has 4 heteroatoms. The lowest BCUT2D eigenvalue weighted by Crippen LogP contribution is -1.93. The van der Waals surface area contributed by atoms with Crippen LogP contribution in [0.3, 0.4) is 0 Å². The van der Waals surface area contributed by atoms with E-state index in [1.54, 1.807) is 16.9 Å². The van der Waals surface area contributed by atoms with Crippen molar-refractivity contribution in [3.05, 3.63) is 36.8 Å². The molecule has 0 spiro atoms. The average Bonchev–Trinajstić information content (AvgIpc) is 2.63. The van der Waals surface area contributed by atoms with Crippen LogP contribution in [0.4, 0.5) is 0 Å². The summed E-state index contributed by atoms with van der Waals surface area (Å²) in [6.07, 6.45) is 5.32. The molecule has 0 saturated heterocycles. The van der Waals surface area contributed by atoms with Crippen molar-refractivity contribution in [2.24, 2.45) is 0 Å². The third-order valence-electron chi connectivity index (χ3n) is 1.82. The summed E-state index contributed by atoms with van der Waals surface area (Å²) in [4.78, 5) is 4.19. The summed E-state index contributed by atoms with van der Waals surface area (Å²) >= 11 is 5.65. The number of alkyl halides is 1. The Kier molecular flexibility index (Phi) is 2.02. The van der Waals surface area contributed by atoms with Crippen molar-refractivity contribution in [3.63, 3.8) is 0 Å². The molecule has 13 heavy (non-hydrogen) atoms. The molecule has 0 saturated carbocycles. The zero-order valence-electron chi connectivity index (χ0n) is 6.94. The molecule has 3 nitrogen and oxygen atoms in total. The van der Waals surface area contributed by atoms with E-state index in [4.69, 9.17) is 11.6 Å². The highest BCUT2D eigenvalue weighted by molar-refractivity contribution is 6.23. The number of rotatable bonds is 2. The van der Waals surface area contributed by atoms with Crippen molar-refractivity contribution in [2.75, 3.05) is 5.88 Å². The molecule has 2 rings (SSSR count). The minimum Gasteiger partial charge on any atom is -0.236 e. The van der Waals surface area contributed by atoms with Crippen LogP contribution >= 0.6 is 11.6 Å². The minimum atomic E-state index is 0.411. The fourth-order valence-corrected chi connectivity index (χ4v) is 1.22. The molecule has 0 unspecified atom stereocenters. The van der Waals surface area contributed by atoms with Gasteiger partial charge < -0.3 is 0 Å². The van der Waals surface area contributed by atoms with Crippen LogP contribution in [-0.4, -0.2) is 20.5 Å². The molecular formula is C9H8ClN3. The number of aromatic nitrogens is 3. The summed E-state index contributed by atoms with van der Waals surface area (Å²) in [6, 6.07) is 1.84. The number of fused-ring (bicyclic) bond motifs is 1. The molecule has 0 fully saturated rings. The van der Waals surface area contributed by atoms with Crippen LogP contribution in [-0.2, 0) is 0 Å². The molecule has 2 aromatic heterocycles. The third-order valence-corrected chi connectivity index (χ3v) is 2.14. The molecule has 0 aliphatic rings. The van der Waals surface area contributed by atoms with Crippen LogP contribution in [0.15, 0.2) is 31.2 Å². The molecule has 2 heterocycles. The van der Waals surface area contributed by atoms with E-state index >= 15 is 0 Å². The Morgan fingerprint density at radius 3 is 3.23 bits per heavy atom. The molecule has 0 amide bonds. The number of halogens is 1. The molecular weight excluding hydrogens is 186 g/mol. The van der Waals surface area contributed by atoms with Crippen molar-refractivity contribution < 1.29 is 0 Å². The summed E-state index contributed by atoms with van der Waals surface area (Å²) in [7, 11) is 0. The van der Waals surface area contributed by atoms with Gasteiger partial charge in [-0.05, 0) is 5.57 Å². The van der Waals surface area contributed by atoms with Crippen LogP contribution < -0.4 is 0 Å². The standard InChI is InChI=1S/C9H8ClN3/c1-7(4-10)8-5-11-9-2-3-12-13(9)6-8/h2-3,5-6H,1,4H2. The van der Waals surface area contributed by atoms with Gasteiger partial charge in [-0.2, -0.15) is 5.10 Å². The summed E-state index contributed by atoms with van der Waals surface area (Å²) < 4.78 is 1.70. The van der Waals surface area contributed by atoms with E-state index in [9.17, 15) is 0 Å². The first-order valence-corrected chi connectivity index (χ1v) is 4.38. The Bertz CT molecular complexity index is 447. The van der Waals surface area contributed by atoms with E-state index in [1.807, 2.05) is 12.3 Å². The highest BCUT2D eigenvalue weighted by Crippen LogP contribution is 2.12. The maximum atomic E-state index is 5.65. The van der Waals surface area contributed by atoms with E-state index in [2.05, 4.69) is 16.7 Å². The van der Waals surface area contributed by atoms with E-state index < -0.39 is 0 Å². The van der Waals surface area contributed by atoms with Gasteiger partial charge in [0, 0.05) is 29.9 Å². The quantitative estimate of drug-likeness (QED) is 0.683. The van der Waals surface area contributed by atoms with Gasteiger partial charge >= 0.3 is 0 Å². The van der Waals surface area contributed by atoms with Gasteiger partial charge in [-0.25, -0.2) is 9.50 Å². The minimum absolute atomic E-state index is 0.411. The average molecular weight is 194 g/mol. The van der Waals surface area contributed by atoms with Crippen molar-refractivity contribution in [1.29, 1.82) is 0 Å². The monoisotopic (exact) mass is 193 g/mol. The molecule has 0 aliphatic heterocycles. The lowest BCUT2D eigenvalue weighted by atomic mass is 10.2. The summed E-state index contributed by atoms with van der Waals surface area (Å²) in [5, 5.41) is 4.07. The van der Waals surface area contributed by atoms with Gasteiger partial charge in [0.1, 0.15) is 0 Å². The van der Waals surface area contributed by atoms with Gasteiger partial charge in [0.05, 0.1) is 6.20 Å². The van der Waals surface area contributed by atoms with Gasteiger partial charge in [0.2, 0.25) is 0 Å². The Balaban J connectivity index is 2.54. The first kappa shape index (κ1) is 8.26. The van der Waals surface area contributed by atoms with Gasteiger partial charge in [-0.3, -0.25) is 0 Å². The highest BCUT2D eigenvalue weighted by Gasteiger charge is 2.00. The zero-order valence-corrected chi connectivity index (χ0v) is 7.70. The first-order chi connectivity index (χ1) is 6.31. The number of allylic oxidation sites excluding steroid dienone is 1. The summed E-state index contributed by atoms with van der Waals surface area (Å²) in [6.45, 7) is 3.82. The van der Waals surface area contributed by atoms with Crippen LogP contribution in [0, 0.1) is 0 Å². The second kappa shape index (κ2) is 3.18. The van der Waals surface area contributed by atoms with E-state index in [0.29, 0.717) is 5.88 Å². The van der Waals surface area contributed by atoms with Gasteiger partial charge in [-0.15, -0.1) is 11.6 Å². The molecule has 0 aromatic carbocycles. The van der Waals surface area contributed by atoms with Crippen LogP contribution in [0.2, 0.25) is 0 Å². The topological polar surface area (TPSA) is 30.2 Å². The zero-order chi connectivity index (χ0) is 9.26. The van der Waals surface area contributed by atoms with Gasteiger partial charge in [0.25, 0.3) is 0 Å². The molecule has 0 radical (unpaired) electrons. The predicted molar refractivity (Wildman–Crippen MR) is 52.7 cm³/mol. The lowest BCUT2D eigenvalue weighted by molar-refractivity contribution is 0.935. The van der Waals surface area contributed by atoms with E-state index in [0.717, 1.165) is 16.8 Å². The Hall–Kier alpha value is -1.35. The van der Waals surface area contributed by atoms with Gasteiger partial charge in [-0.1, -0.05) is 6.58 Å². The molecule has 66 valence electrons. The molecule has 2 aromatic rings.